The van der Waals surface area contributed by atoms with E-state index in [0.29, 0.717) is 18.5 Å². The normalized spacial score (nSPS) is 17.4. The zero-order valence-corrected chi connectivity index (χ0v) is 19.5. The summed E-state index contributed by atoms with van der Waals surface area (Å²) >= 11 is 0. The van der Waals surface area contributed by atoms with Crippen molar-refractivity contribution in [1.29, 1.82) is 0 Å². The van der Waals surface area contributed by atoms with Crippen LogP contribution in [-0.2, 0) is 6.54 Å². The highest BCUT2D eigenvalue weighted by atomic mass is 127. The number of halogens is 4. The lowest BCUT2D eigenvalue weighted by molar-refractivity contribution is -0.153. The Morgan fingerprint density at radius 3 is 2.31 bits per heavy atom. The minimum absolute atomic E-state index is 0. The zero-order valence-electron chi connectivity index (χ0n) is 17.1. The van der Waals surface area contributed by atoms with E-state index in [2.05, 4.69) is 39.4 Å². The number of hydrogen-bond donors (Lipinski definition) is 2. The molecular weight excluding hydrogens is 498 g/mol. The summed E-state index contributed by atoms with van der Waals surface area (Å²) in [6, 6.07) is 6.94. The van der Waals surface area contributed by atoms with E-state index in [1.165, 1.54) is 12.1 Å². The summed E-state index contributed by atoms with van der Waals surface area (Å²) in [5.74, 6) is 0.892. The Morgan fingerprint density at radius 1 is 1.14 bits per heavy atom. The molecule has 29 heavy (non-hydrogen) atoms. The van der Waals surface area contributed by atoms with Crippen LogP contribution in [0.25, 0.3) is 0 Å². The molecule has 0 bridgehead atoms. The van der Waals surface area contributed by atoms with Crippen molar-refractivity contribution in [1.82, 2.24) is 20.4 Å². The van der Waals surface area contributed by atoms with Gasteiger partial charge in [-0.25, -0.2) is 0 Å². The van der Waals surface area contributed by atoms with Crippen LogP contribution in [0, 0.1) is 0 Å². The number of benzene rings is 1. The molecule has 2 rings (SSSR count). The van der Waals surface area contributed by atoms with Crippen LogP contribution < -0.4 is 15.4 Å². The molecule has 0 saturated carbocycles. The first kappa shape index (κ1) is 25.8. The molecule has 0 spiro atoms. The van der Waals surface area contributed by atoms with E-state index in [4.69, 9.17) is 4.74 Å². The minimum atomic E-state index is -4.33. The summed E-state index contributed by atoms with van der Waals surface area (Å²) in [6.45, 7) is 6.51. The van der Waals surface area contributed by atoms with Crippen LogP contribution in [0.2, 0.25) is 0 Å². The number of aliphatic imine (C=N–C) groups is 1. The summed E-state index contributed by atoms with van der Waals surface area (Å²) in [7, 11) is 3.85. The average molecular weight is 529 g/mol. The lowest BCUT2D eigenvalue weighted by Crippen LogP contribution is -2.52. The van der Waals surface area contributed by atoms with E-state index in [1.807, 2.05) is 0 Å². The number of alkyl halides is 3. The van der Waals surface area contributed by atoms with Gasteiger partial charge in [-0.15, -0.1) is 24.0 Å². The fourth-order valence-corrected chi connectivity index (χ4v) is 2.91. The third-order valence-electron chi connectivity index (χ3n) is 4.74. The highest BCUT2D eigenvalue weighted by molar-refractivity contribution is 14.0. The number of nitrogens with one attached hydrogen (secondary N) is 2. The lowest BCUT2D eigenvalue weighted by Gasteiger charge is -2.36. The molecule has 1 atom stereocenters. The van der Waals surface area contributed by atoms with E-state index in [1.54, 1.807) is 19.2 Å². The van der Waals surface area contributed by atoms with Crippen LogP contribution in [0.4, 0.5) is 13.2 Å². The molecule has 1 aliphatic heterocycles. The van der Waals surface area contributed by atoms with Gasteiger partial charge in [0.1, 0.15) is 5.75 Å². The SMILES string of the molecule is CN=C(NCc1ccc(OCC(F)(F)F)cc1)NCC(C)N1CCN(C)CC1.I. The van der Waals surface area contributed by atoms with Gasteiger partial charge in [0.05, 0.1) is 0 Å². The van der Waals surface area contributed by atoms with E-state index < -0.39 is 12.8 Å². The quantitative estimate of drug-likeness (QED) is 0.323. The standard InChI is InChI=1S/C19H30F3N5O.HI/c1-15(27-10-8-26(3)9-11-27)12-24-18(23-2)25-13-16-4-6-17(7-5-16)28-14-19(20,21)22;/h4-7,15H,8-14H2,1-3H3,(H2,23,24,25);1H. The van der Waals surface area contributed by atoms with Crippen molar-refractivity contribution >= 4 is 29.9 Å². The molecule has 1 aromatic rings. The van der Waals surface area contributed by atoms with Crippen molar-refractivity contribution in [2.24, 2.45) is 4.99 Å². The monoisotopic (exact) mass is 529 g/mol. The second kappa shape index (κ2) is 12.4. The number of rotatable bonds is 7. The summed E-state index contributed by atoms with van der Waals surface area (Å²) in [6.07, 6.45) is -4.33. The summed E-state index contributed by atoms with van der Waals surface area (Å²) in [4.78, 5) is 9.01. The molecule has 1 aliphatic rings. The second-order valence-electron chi connectivity index (χ2n) is 7.04. The first-order valence-corrected chi connectivity index (χ1v) is 9.42. The molecule has 166 valence electrons. The molecule has 0 radical (unpaired) electrons. The second-order valence-corrected chi connectivity index (χ2v) is 7.04. The number of likely N-dealkylation sites (N-methyl/N-ethyl adjacent to an activating group) is 1. The van der Waals surface area contributed by atoms with Gasteiger partial charge >= 0.3 is 6.18 Å². The van der Waals surface area contributed by atoms with Crippen LogP contribution in [-0.4, -0.2) is 81.4 Å². The van der Waals surface area contributed by atoms with Crippen LogP contribution in [0.3, 0.4) is 0 Å². The number of piperazine rings is 1. The molecule has 1 saturated heterocycles. The van der Waals surface area contributed by atoms with Crippen LogP contribution in [0.1, 0.15) is 12.5 Å². The first-order valence-electron chi connectivity index (χ1n) is 9.42. The zero-order chi connectivity index (χ0) is 20.6. The number of guanidine groups is 1. The van der Waals surface area contributed by atoms with Crippen molar-refractivity contribution in [3.05, 3.63) is 29.8 Å². The van der Waals surface area contributed by atoms with Gasteiger partial charge in [-0.1, -0.05) is 12.1 Å². The lowest BCUT2D eigenvalue weighted by atomic mass is 10.2. The van der Waals surface area contributed by atoms with Crippen LogP contribution in [0.15, 0.2) is 29.3 Å². The first-order chi connectivity index (χ1) is 13.3. The van der Waals surface area contributed by atoms with Crippen molar-refractivity contribution in [3.8, 4) is 5.75 Å². The maximum Gasteiger partial charge on any atom is 0.422 e. The van der Waals surface area contributed by atoms with Gasteiger partial charge in [-0.3, -0.25) is 9.89 Å². The molecule has 0 aliphatic carbocycles. The summed E-state index contributed by atoms with van der Waals surface area (Å²) < 4.78 is 41.2. The topological polar surface area (TPSA) is 52.1 Å². The summed E-state index contributed by atoms with van der Waals surface area (Å²) in [5, 5.41) is 6.55. The van der Waals surface area contributed by atoms with Gasteiger partial charge in [-0.2, -0.15) is 13.2 Å². The van der Waals surface area contributed by atoms with Crippen molar-refractivity contribution in [3.63, 3.8) is 0 Å². The van der Waals surface area contributed by atoms with Gasteiger partial charge < -0.3 is 20.3 Å². The summed E-state index contributed by atoms with van der Waals surface area (Å²) in [5.41, 5.74) is 0.925. The van der Waals surface area contributed by atoms with Gasteiger partial charge in [0.2, 0.25) is 0 Å². The molecule has 0 aromatic heterocycles. The Balaban J connectivity index is 0.00000420. The van der Waals surface area contributed by atoms with Crippen LogP contribution >= 0.6 is 24.0 Å². The molecule has 1 fully saturated rings. The van der Waals surface area contributed by atoms with Gasteiger partial charge in [0.15, 0.2) is 12.6 Å². The fourth-order valence-electron chi connectivity index (χ4n) is 2.91. The predicted molar refractivity (Wildman–Crippen MR) is 120 cm³/mol. The number of hydrogen-bond acceptors (Lipinski definition) is 4. The Labute approximate surface area is 187 Å². The number of ether oxygens (including phenoxy) is 1. The van der Waals surface area contributed by atoms with E-state index in [-0.39, 0.29) is 29.7 Å². The van der Waals surface area contributed by atoms with E-state index in [0.717, 1.165) is 38.3 Å². The highest BCUT2D eigenvalue weighted by Gasteiger charge is 2.28. The Bertz CT molecular complexity index is 619. The Morgan fingerprint density at radius 2 is 1.76 bits per heavy atom. The highest BCUT2D eigenvalue weighted by Crippen LogP contribution is 2.18. The minimum Gasteiger partial charge on any atom is -0.484 e. The largest absolute Gasteiger partial charge is 0.484 e. The molecule has 0 amide bonds. The molecular formula is C19H31F3IN5O. The van der Waals surface area contributed by atoms with Crippen molar-refractivity contribution < 1.29 is 17.9 Å². The fraction of sp³-hybridized carbons (Fsp3) is 0.632. The molecule has 1 heterocycles. The Hall–Kier alpha value is -1.27. The predicted octanol–water partition coefficient (Wildman–Crippen LogP) is 2.55. The van der Waals surface area contributed by atoms with Crippen molar-refractivity contribution in [2.45, 2.75) is 25.7 Å². The smallest absolute Gasteiger partial charge is 0.422 e. The molecule has 6 nitrogen and oxygen atoms in total. The van der Waals surface area contributed by atoms with Gasteiger partial charge in [-0.05, 0) is 31.7 Å². The van der Waals surface area contributed by atoms with Crippen molar-refractivity contribution in [2.75, 3.05) is 53.4 Å². The van der Waals surface area contributed by atoms with Gasteiger partial charge in [0, 0.05) is 52.4 Å². The Kier molecular flexibility index (Phi) is 11.0. The average Bonchev–Trinajstić information content (AvgIpc) is 2.67. The van der Waals surface area contributed by atoms with Gasteiger partial charge in [0.25, 0.3) is 0 Å². The van der Waals surface area contributed by atoms with E-state index in [9.17, 15) is 13.2 Å². The number of nitrogens with zero attached hydrogens (tertiary/aromatic N) is 3. The molecule has 10 heteroatoms. The van der Waals surface area contributed by atoms with Crippen LogP contribution in [0.5, 0.6) is 5.75 Å². The third kappa shape index (κ3) is 9.85. The molecule has 1 aromatic carbocycles. The molecule has 2 N–H and O–H groups in total. The maximum absolute atomic E-state index is 12.2. The van der Waals surface area contributed by atoms with E-state index >= 15 is 0 Å². The third-order valence-corrected chi connectivity index (χ3v) is 4.74. The molecule has 1 unspecified atom stereocenters. The maximum atomic E-state index is 12.2.